The van der Waals surface area contributed by atoms with E-state index in [1.165, 1.54) is 0 Å². The Balaban J connectivity index is 2.58. The van der Waals surface area contributed by atoms with Gasteiger partial charge in [0.05, 0.1) is 0 Å². The molecular weight excluding hydrogens is 164 g/mol. The van der Waals surface area contributed by atoms with E-state index in [0.29, 0.717) is 13.1 Å². The largest absolute Gasteiger partial charge is 0.313 e. The Morgan fingerprint density at radius 2 is 2.36 bits per heavy atom. The molecule has 1 aliphatic rings. The van der Waals surface area contributed by atoms with E-state index in [0.717, 1.165) is 6.54 Å². The van der Waals surface area contributed by atoms with Gasteiger partial charge in [-0.05, 0) is 0 Å². The van der Waals surface area contributed by atoms with Crippen molar-refractivity contribution in [3.05, 3.63) is 0 Å². The van der Waals surface area contributed by atoms with Crippen LogP contribution in [0.5, 0.6) is 0 Å². The number of hydrogen-bond acceptors (Lipinski definition) is 3. The fourth-order valence-corrected chi connectivity index (χ4v) is 2.10. The van der Waals surface area contributed by atoms with Crippen LogP contribution in [0.25, 0.3) is 0 Å². The van der Waals surface area contributed by atoms with Gasteiger partial charge in [0.25, 0.3) is 0 Å². The van der Waals surface area contributed by atoms with Crippen LogP contribution >= 0.6 is 0 Å². The molecule has 0 saturated carbocycles. The number of rotatable bonds is 2. The van der Waals surface area contributed by atoms with Gasteiger partial charge < -0.3 is 5.32 Å². The molecule has 1 fully saturated rings. The van der Waals surface area contributed by atoms with Gasteiger partial charge in [-0.25, -0.2) is 13.7 Å². The average molecular weight is 177 g/mol. The van der Waals surface area contributed by atoms with Crippen molar-refractivity contribution in [1.29, 1.82) is 0 Å². The van der Waals surface area contributed by atoms with Crippen LogP contribution in [0.2, 0.25) is 0 Å². The molecule has 1 aliphatic heterocycles. The van der Waals surface area contributed by atoms with Crippen molar-refractivity contribution >= 4 is 9.84 Å². The van der Waals surface area contributed by atoms with Crippen LogP contribution in [-0.4, -0.2) is 39.2 Å². The number of nitrogens with zero attached hydrogens (tertiary/aromatic N) is 1. The molecule has 1 saturated heterocycles. The van der Waals surface area contributed by atoms with E-state index >= 15 is 0 Å². The third-order valence-corrected chi connectivity index (χ3v) is 3.71. The molecule has 0 spiro atoms. The molecule has 0 aromatic heterocycles. The van der Waals surface area contributed by atoms with E-state index in [9.17, 15) is 8.42 Å². The van der Waals surface area contributed by atoms with Crippen molar-refractivity contribution in [1.82, 2.24) is 10.6 Å². The Morgan fingerprint density at radius 3 is 2.82 bits per heavy atom. The third kappa shape index (κ3) is 2.15. The average Bonchev–Trinajstić information content (AvgIpc) is 2.06. The van der Waals surface area contributed by atoms with Gasteiger partial charge >= 0.3 is 0 Å². The zero-order valence-electron chi connectivity index (χ0n) is 6.58. The first-order valence-electron chi connectivity index (χ1n) is 3.75. The summed E-state index contributed by atoms with van der Waals surface area (Å²) in [6.45, 7) is 3.55. The minimum atomic E-state index is -2.95. The van der Waals surface area contributed by atoms with Crippen molar-refractivity contribution in [3.63, 3.8) is 0 Å². The zero-order valence-corrected chi connectivity index (χ0v) is 7.39. The van der Waals surface area contributed by atoms with Gasteiger partial charge in [0.1, 0.15) is 5.37 Å². The van der Waals surface area contributed by atoms with Crippen molar-refractivity contribution in [3.8, 4) is 0 Å². The van der Waals surface area contributed by atoms with Gasteiger partial charge in [-0.15, -0.1) is 0 Å². The topological polar surface area (TPSA) is 60.3 Å². The van der Waals surface area contributed by atoms with Crippen molar-refractivity contribution in [2.75, 3.05) is 25.4 Å². The molecule has 0 aliphatic carbocycles. The Bertz CT molecular complexity index is 207. The minimum Gasteiger partial charge on any atom is -0.313 e. The lowest BCUT2D eigenvalue weighted by molar-refractivity contribution is 0.468. The highest BCUT2D eigenvalue weighted by Gasteiger charge is 2.25. The molecule has 1 radical (unpaired) electrons. The first-order chi connectivity index (χ1) is 5.17. The lowest BCUT2D eigenvalue weighted by Crippen LogP contribution is -2.48. The van der Waals surface area contributed by atoms with E-state index < -0.39 is 15.2 Å². The normalized spacial score (nSPS) is 26.8. The predicted molar refractivity (Wildman–Crippen MR) is 43.1 cm³/mol. The summed E-state index contributed by atoms with van der Waals surface area (Å²) in [4.78, 5) is 0. The SMILES string of the molecule is CCS(=O)(=O)C1CNCC[N]1. The van der Waals surface area contributed by atoms with Crippen LogP contribution in [0, 0.1) is 0 Å². The molecule has 0 amide bonds. The zero-order chi connectivity index (χ0) is 8.32. The predicted octanol–water partition coefficient (Wildman–Crippen LogP) is -1.05. The maximum atomic E-state index is 11.2. The molecule has 1 heterocycles. The summed E-state index contributed by atoms with van der Waals surface area (Å²) in [5.74, 6) is 0.183. The molecule has 1 atom stereocenters. The standard InChI is InChI=1S/C6H13N2O2S/c1-2-11(9,10)6-5-7-3-4-8-6/h6-7H,2-5H2,1H3. The molecule has 4 nitrogen and oxygen atoms in total. The maximum Gasteiger partial charge on any atom is 0.168 e. The summed E-state index contributed by atoms with van der Waals surface area (Å²) < 4.78 is 22.4. The second kappa shape index (κ2) is 3.51. The molecule has 65 valence electrons. The van der Waals surface area contributed by atoms with E-state index in [1.54, 1.807) is 6.92 Å². The van der Waals surface area contributed by atoms with Crippen molar-refractivity contribution < 1.29 is 8.42 Å². The highest BCUT2D eigenvalue weighted by Crippen LogP contribution is 2.01. The summed E-state index contributed by atoms with van der Waals surface area (Å²) in [6, 6.07) is 0. The molecular formula is C6H13N2O2S. The summed E-state index contributed by atoms with van der Waals surface area (Å²) in [5, 5.41) is 6.52. The first kappa shape index (κ1) is 8.96. The van der Waals surface area contributed by atoms with E-state index in [2.05, 4.69) is 10.6 Å². The molecule has 1 N–H and O–H groups in total. The molecule has 1 unspecified atom stereocenters. The number of piperazine rings is 1. The first-order valence-corrected chi connectivity index (χ1v) is 5.47. The smallest absolute Gasteiger partial charge is 0.168 e. The monoisotopic (exact) mass is 177 g/mol. The highest BCUT2D eigenvalue weighted by molar-refractivity contribution is 7.91. The molecule has 1 rings (SSSR count). The number of hydrogen-bond donors (Lipinski definition) is 1. The Morgan fingerprint density at radius 1 is 1.64 bits per heavy atom. The lowest BCUT2D eigenvalue weighted by Gasteiger charge is -2.21. The maximum absolute atomic E-state index is 11.2. The minimum absolute atomic E-state index is 0.183. The summed E-state index contributed by atoms with van der Waals surface area (Å²) in [5.41, 5.74) is 0. The van der Waals surface area contributed by atoms with E-state index in [4.69, 9.17) is 0 Å². The second-order valence-corrected chi connectivity index (χ2v) is 4.96. The van der Waals surface area contributed by atoms with Crippen LogP contribution in [-0.2, 0) is 9.84 Å². The Hall–Kier alpha value is -0.130. The Kier molecular flexibility index (Phi) is 2.86. The van der Waals surface area contributed by atoms with Gasteiger partial charge in [-0.3, -0.25) is 0 Å². The van der Waals surface area contributed by atoms with Crippen LogP contribution in [0.3, 0.4) is 0 Å². The summed E-state index contributed by atoms with van der Waals surface area (Å²) in [7, 11) is -2.95. The number of sulfone groups is 1. The molecule has 0 aromatic carbocycles. The highest BCUT2D eigenvalue weighted by atomic mass is 32.2. The van der Waals surface area contributed by atoms with Crippen LogP contribution in [0.1, 0.15) is 6.92 Å². The van der Waals surface area contributed by atoms with Crippen LogP contribution in [0.15, 0.2) is 0 Å². The van der Waals surface area contributed by atoms with Crippen molar-refractivity contribution in [2.45, 2.75) is 12.3 Å². The fourth-order valence-electron chi connectivity index (χ4n) is 1.01. The van der Waals surface area contributed by atoms with Gasteiger partial charge in [-0.2, -0.15) is 0 Å². The molecule has 5 heteroatoms. The summed E-state index contributed by atoms with van der Waals surface area (Å²) in [6.07, 6.45) is 0. The van der Waals surface area contributed by atoms with Gasteiger partial charge in [0, 0.05) is 25.4 Å². The fraction of sp³-hybridized carbons (Fsp3) is 1.00. The number of nitrogens with one attached hydrogen (secondary N) is 1. The third-order valence-electron chi connectivity index (χ3n) is 1.76. The van der Waals surface area contributed by atoms with Gasteiger partial charge in [0.15, 0.2) is 9.84 Å². The van der Waals surface area contributed by atoms with Crippen LogP contribution < -0.4 is 10.6 Å². The molecule has 0 bridgehead atoms. The van der Waals surface area contributed by atoms with Gasteiger partial charge in [-0.1, -0.05) is 6.92 Å². The quantitative estimate of drug-likeness (QED) is 0.586. The molecule has 11 heavy (non-hydrogen) atoms. The van der Waals surface area contributed by atoms with Crippen molar-refractivity contribution in [2.24, 2.45) is 0 Å². The van der Waals surface area contributed by atoms with E-state index in [-0.39, 0.29) is 5.75 Å². The second-order valence-electron chi connectivity index (χ2n) is 2.52. The molecule has 0 aromatic rings. The summed E-state index contributed by atoms with van der Waals surface area (Å²) >= 11 is 0. The van der Waals surface area contributed by atoms with E-state index in [1.807, 2.05) is 0 Å². The Labute approximate surface area is 67.3 Å². The van der Waals surface area contributed by atoms with Gasteiger partial charge in [0.2, 0.25) is 0 Å². The lowest BCUT2D eigenvalue weighted by atomic mass is 10.4. The van der Waals surface area contributed by atoms with Crippen LogP contribution in [0.4, 0.5) is 0 Å².